The zero-order valence-electron chi connectivity index (χ0n) is 16.4. The van der Waals surface area contributed by atoms with Crippen LogP contribution in [-0.4, -0.2) is 61.3 Å². The van der Waals surface area contributed by atoms with E-state index in [1.807, 2.05) is 13.8 Å². The highest BCUT2D eigenvalue weighted by atomic mass is 16.2. The van der Waals surface area contributed by atoms with E-state index in [4.69, 9.17) is 0 Å². The van der Waals surface area contributed by atoms with Crippen molar-refractivity contribution >= 4 is 5.91 Å². The number of carbonyl (C=O) groups is 1. The summed E-state index contributed by atoms with van der Waals surface area (Å²) in [5.74, 6) is 1.51. The largest absolute Gasteiger partial charge is 0.348 e. The molecule has 0 aromatic carbocycles. The van der Waals surface area contributed by atoms with Crippen LogP contribution in [0.25, 0.3) is 0 Å². The molecule has 3 saturated heterocycles. The molecule has 2 bridgehead atoms. The molecule has 5 heterocycles. The highest BCUT2D eigenvalue weighted by Crippen LogP contribution is 2.30. The lowest BCUT2D eigenvalue weighted by molar-refractivity contribution is 0.0578. The average molecular weight is 368 g/mol. The van der Waals surface area contributed by atoms with Crippen molar-refractivity contribution in [3.63, 3.8) is 0 Å². The van der Waals surface area contributed by atoms with Gasteiger partial charge in [0.15, 0.2) is 0 Å². The van der Waals surface area contributed by atoms with Crippen molar-refractivity contribution in [3.8, 4) is 0 Å². The zero-order chi connectivity index (χ0) is 19.0. The molecular weight excluding hydrogens is 340 g/mol. The first-order chi connectivity index (χ1) is 13.0. The number of aromatic amines is 1. The summed E-state index contributed by atoms with van der Waals surface area (Å²) < 4.78 is 0. The molecule has 1 N–H and O–H groups in total. The number of amides is 1. The number of piperidine rings is 1. The summed E-state index contributed by atoms with van der Waals surface area (Å²) in [6, 6.07) is 1.99. The van der Waals surface area contributed by atoms with E-state index in [2.05, 4.69) is 36.7 Å². The number of nitrogens with one attached hydrogen (secondary N) is 1. The number of imidazole rings is 1. The number of aryl methyl sites for hydroxylation is 1. The first-order valence-electron chi connectivity index (χ1n) is 9.86. The molecule has 0 radical (unpaired) electrons. The number of H-pyrrole nitrogens is 1. The van der Waals surface area contributed by atoms with E-state index < -0.39 is 0 Å². The third kappa shape index (κ3) is 3.74. The quantitative estimate of drug-likeness (QED) is 0.896. The van der Waals surface area contributed by atoms with E-state index in [1.54, 1.807) is 18.6 Å². The van der Waals surface area contributed by atoms with Crippen molar-refractivity contribution in [2.75, 3.05) is 19.6 Å². The second kappa shape index (κ2) is 7.38. The van der Waals surface area contributed by atoms with E-state index in [0.29, 0.717) is 11.6 Å². The van der Waals surface area contributed by atoms with E-state index >= 15 is 0 Å². The fraction of sp³-hybridized carbons (Fsp3) is 0.600. The molecule has 0 unspecified atom stereocenters. The molecule has 5 rings (SSSR count). The van der Waals surface area contributed by atoms with Gasteiger partial charge in [-0.25, -0.2) is 15.0 Å². The van der Waals surface area contributed by atoms with Gasteiger partial charge in [0.1, 0.15) is 11.5 Å². The minimum absolute atomic E-state index is 0.0480. The Morgan fingerprint density at radius 2 is 2.11 bits per heavy atom. The summed E-state index contributed by atoms with van der Waals surface area (Å²) in [6.45, 7) is 9.74. The fourth-order valence-electron chi connectivity index (χ4n) is 4.23. The summed E-state index contributed by atoms with van der Waals surface area (Å²) in [7, 11) is 0. The van der Waals surface area contributed by atoms with Crippen LogP contribution in [0.3, 0.4) is 0 Å². The van der Waals surface area contributed by atoms with Gasteiger partial charge in [-0.05, 0) is 31.7 Å². The topological polar surface area (TPSA) is 78.0 Å². The van der Waals surface area contributed by atoms with Crippen LogP contribution in [-0.2, 0) is 6.54 Å². The molecule has 27 heavy (non-hydrogen) atoms. The van der Waals surface area contributed by atoms with Crippen LogP contribution in [0.4, 0.5) is 0 Å². The lowest BCUT2D eigenvalue weighted by Crippen LogP contribution is -2.47. The van der Waals surface area contributed by atoms with Gasteiger partial charge in [-0.2, -0.15) is 0 Å². The van der Waals surface area contributed by atoms with Crippen LogP contribution in [0, 0.1) is 12.8 Å². The molecule has 0 aliphatic carbocycles. The number of carbonyl (C=O) groups excluding carboxylic acids is 1. The van der Waals surface area contributed by atoms with Crippen LogP contribution in [0.5, 0.6) is 0 Å². The van der Waals surface area contributed by atoms with Gasteiger partial charge in [0, 0.05) is 50.0 Å². The van der Waals surface area contributed by atoms with Gasteiger partial charge in [0.2, 0.25) is 0 Å². The smallest absolute Gasteiger partial charge is 0.272 e. The summed E-state index contributed by atoms with van der Waals surface area (Å²) >= 11 is 0. The minimum atomic E-state index is 0.0480. The number of fused-ring (bicyclic) bond motifs is 4. The molecule has 2 atom stereocenters. The second-order valence-electron chi connectivity index (χ2n) is 8.18. The van der Waals surface area contributed by atoms with Gasteiger partial charge in [-0.15, -0.1) is 0 Å². The van der Waals surface area contributed by atoms with Gasteiger partial charge in [0.25, 0.3) is 5.91 Å². The standard InChI is InChI=1S/C20H28N6O/c1-13(2)19-21-7-6-17(24-19)20(27)26-9-15-4-5-16(26)10-25(8-15)11-18-14(3)22-12-23-18/h6-7,12-13,15-16H,4-5,8-11H2,1-3H3,(H,22,23)/t15-,16+/m1/s1. The summed E-state index contributed by atoms with van der Waals surface area (Å²) in [5.41, 5.74) is 2.75. The van der Waals surface area contributed by atoms with Gasteiger partial charge in [-0.1, -0.05) is 13.8 Å². The number of hydrogen-bond donors (Lipinski definition) is 1. The number of nitrogens with zero attached hydrogens (tertiary/aromatic N) is 5. The SMILES string of the molecule is Cc1[nH]cnc1CN1C[C@H]2CC[C@@H](C1)N(C(=O)c1ccnc(C(C)C)n1)C2. The van der Waals surface area contributed by atoms with E-state index in [0.717, 1.165) is 49.8 Å². The highest BCUT2D eigenvalue weighted by Gasteiger charge is 2.38. The van der Waals surface area contributed by atoms with Crippen molar-refractivity contribution in [1.82, 2.24) is 29.7 Å². The zero-order valence-corrected chi connectivity index (χ0v) is 16.4. The van der Waals surface area contributed by atoms with Gasteiger partial charge >= 0.3 is 0 Å². The lowest BCUT2D eigenvalue weighted by atomic mass is 9.94. The Morgan fingerprint density at radius 1 is 1.26 bits per heavy atom. The predicted octanol–water partition coefficient (Wildman–Crippen LogP) is 2.37. The van der Waals surface area contributed by atoms with Crippen LogP contribution >= 0.6 is 0 Å². The highest BCUT2D eigenvalue weighted by molar-refractivity contribution is 5.92. The van der Waals surface area contributed by atoms with Crippen LogP contribution in [0.2, 0.25) is 0 Å². The normalized spacial score (nSPS) is 23.0. The maximum Gasteiger partial charge on any atom is 0.272 e. The molecule has 2 aromatic rings. The Hall–Kier alpha value is -2.28. The monoisotopic (exact) mass is 368 g/mol. The maximum atomic E-state index is 13.2. The van der Waals surface area contributed by atoms with Crippen molar-refractivity contribution in [3.05, 3.63) is 41.5 Å². The van der Waals surface area contributed by atoms with Crippen molar-refractivity contribution in [2.45, 2.75) is 52.1 Å². The first kappa shape index (κ1) is 18.1. The fourth-order valence-corrected chi connectivity index (χ4v) is 4.23. The second-order valence-corrected chi connectivity index (χ2v) is 8.18. The molecule has 7 heteroatoms. The van der Waals surface area contributed by atoms with Gasteiger partial charge in [-0.3, -0.25) is 9.69 Å². The molecule has 0 spiro atoms. The maximum absolute atomic E-state index is 13.2. The molecule has 3 aliphatic rings. The van der Waals surface area contributed by atoms with E-state index in [-0.39, 0.29) is 17.9 Å². The Labute approximate surface area is 160 Å². The Morgan fingerprint density at radius 3 is 2.85 bits per heavy atom. The lowest BCUT2D eigenvalue weighted by Gasteiger charge is -2.36. The number of aromatic nitrogens is 4. The molecule has 7 nitrogen and oxygen atoms in total. The summed E-state index contributed by atoms with van der Waals surface area (Å²) in [6.07, 6.45) is 5.72. The third-order valence-electron chi connectivity index (χ3n) is 5.77. The van der Waals surface area contributed by atoms with Crippen molar-refractivity contribution in [2.24, 2.45) is 5.92 Å². The third-order valence-corrected chi connectivity index (χ3v) is 5.77. The van der Waals surface area contributed by atoms with Gasteiger partial charge < -0.3 is 9.88 Å². The molecule has 144 valence electrons. The Kier molecular flexibility index (Phi) is 4.95. The molecule has 1 amide bonds. The Bertz CT molecular complexity index is 816. The number of hydrogen-bond acceptors (Lipinski definition) is 5. The Balaban J connectivity index is 1.51. The molecule has 0 saturated carbocycles. The predicted molar refractivity (Wildman–Crippen MR) is 102 cm³/mol. The molecule has 3 aliphatic heterocycles. The van der Waals surface area contributed by atoms with Crippen LogP contribution in [0.15, 0.2) is 18.6 Å². The minimum Gasteiger partial charge on any atom is -0.348 e. The van der Waals surface area contributed by atoms with Crippen molar-refractivity contribution in [1.29, 1.82) is 0 Å². The van der Waals surface area contributed by atoms with Crippen LogP contribution in [0.1, 0.15) is 60.3 Å². The summed E-state index contributed by atoms with van der Waals surface area (Å²) in [4.78, 5) is 34.1. The molecular formula is C20H28N6O. The van der Waals surface area contributed by atoms with E-state index in [1.165, 1.54) is 6.42 Å². The van der Waals surface area contributed by atoms with Crippen molar-refractivity contribution < 1.29 is 4.79 Å². The first-order valence-corrected chi connectivity index (χ1v) is 9.86. The van der Waals surface area contributed by atoms with Crippen LogP contribution < -0.4 is 0 Å². The molecule has 3 fully saturated rings. The average Bonchev–Trinajstić information content (AvgIpc) is 2.88. The summed E-state index contributed by atoms with van der Waals surface area (Å²) in [5, 5.41) is 0. The molecule has 2 aromatic heterocycles. The number of rotatable bonds is 4. The van der Waals surface area contributed by atoms with Gasteiger partial charge in [0.05, 0.1) is 12.0 Å². The van der Waals surface area contributed by atoms with E-state index in [9.17, 15) is 4.79 Å².